The lowest BCUT2D eigenvalue weighted by molar-refractivity contribution is 0.618. The van der Waals surface area contributed by atoms with Gasteiger partial charge in [0.05, 0.1) is 0 Å². The molecule has 1 aliphatic rings. The van der Waals surface area contributed by atoms with Crippen molar-refractivity contribution in [1.82, 2.24) is 0 Å². The van der Waals surface area contributed by atoms with Crippen molar-refractivity contribution in [2.45, 2.75) is 25.8 Å². The van der Waals surface area contributed by atoms with Crippen LogP contribution in [0.25, 0.3) is 0 Å². The molecule has 2 N–H and O–H groups in total. The first-order valence-electron chi connectivity index (χ1n) is 6.48. The van der Waals surface area contributed by atoms with Gasteiger partial charge in [-0.15, -0.1) is 0 Å². The quantitative estimate of drug-likeness (QED) is 0.767. The Hall–Kier alpha value is -1.96. The third-order valence-corrected chi connectivity index (χ3v) is 3.67. The number of benzene rings is 2. The van der Waals surface area contributed by atoms with Crippen molar-refractivity contribution in [3.63, 3.8) is 0 Å². The summed E-state index contributed by atoms with van der Waals surface area (Å²) in [6, 6.07) is 17.3. The van der Waals surface area contributed by atoms with E-state index in [0.717, 1.165) is 12.1 Å². The predicted molar refractivity (Wildman–Crippen MR) is 77.2 cm³/mol. The molecule has 1 atom stereocenters. The summed E-state index contributed by atoms with van der Waals surface area (Å²) >= 11 is 0. The van der Waals surface area contributed by atoms with E-state index < -0.39 is 0 Å². The van der Waals surface area contributed by atoms with Gasteiger partial charge in [-0.2, -0.15) is 0 Å². The van der Waals surface area contributed by atoms with Crippen LogP contribution in [0.5, 0.6) is 0 Å². The van der Waals surface area contributed by atoms with Crippen LogP contribution >= 0.6 is 0 Å². The highest BCUT2D eigenvalue weighted by Crippen LogP contribution is 2.36. The monoisotopic (exact) mass is 238 g/mol. The molecular formula is C16H18N2. The second kappa shape index (κ2) is 4.37. The summed E-state index contributed by atoms with van der Waals surface area (Å²) < 4.78 is 0. The molecule has 0 fully saturated rings. The summed E-state index contributed by atoms with van der Waals surface area (Å²) in [5.41, 5.74) is 10.7. The molecule has 2 aromatic rings. The van der Waals surface area contributed by atoms with Gasteiger partial charge >= 0.3 is 0 Å². The summed E-state index contributed by atoms with van der Waals surface area (Å²) in [4.78, 5) is 2.40. The Bertz CT molecular complexity index is 563. The highest BCUT2D eigenvalue weighted by molar-refractivity contribution is 5.70. The molecule has 0 amide bonds. The van der Waals surface area contributed by atoms with Gasteiger partial charge in [0.25, 0.3) is 0 Å². The number of nitrogens with two attached hydrogens (primary N) is 1. The Kier molecular flexibility index (Phi) is 2.71. The molecule has 0 saturated carbocycles. The molecule has 1 unspecified atom stereocenters. The maximum absolute atomic E-state index is 5.90. The molecule has 0 spiro atoms. The average molecular weight is 238 g/mol. The van der Waals surface area contributed by atoms with Crippen LogP contribution in [0.1, 0.15) is 18.9 Å². The van der Waals surface area contributed by atoms with Gasteiger partial charge in [-0.05, 0) is 49.6 Å². The molecule has 1 heterocycles. The molecule has 0 bridgehead atoms. The van der Waals surface area contributed by atoms with Gasteiger partial charge in [0.2, 0.25) is 0 Å². The second-order valence-electron chi connectivity index (χ2n) is 4.98. The van der Waals surface area contributed by atoms with Crippen LogP contribution in [-0.4, -0.2) is 6.04 Å². The number of hydrogen-bond acceptors (Lipinski definition) is 2. The van der Waals surface area contributed by atoms with Gasteiger partial charge in [0, 0.05) is 23.1 Å². The number of aryl methyl sites for hydroxylation is 1. The zero-order valence-corrected chi connectivity index (χ0v) is 10.6. The maximum atomic E-state index is 5.90. The SMILES string of the molecule is CC1CCc2ccccc2N1c1cccc(N)c1. The van der Waals surface area contributed by atoms with Gasteiger partial charge in [-0.1, -0.05) is 24.3 Å². The van der Waals surface area contributed by atoms with E-state index in [1.54, 1.807) is 0 Å². The topological polar surface area (TPSA) is 29.3 Å². The van der Waals surface area contributed by atoms with E-state index in [2.05, 4.69) is 48.2 Å². The van der Waals surface area contributed by atoms with Gasteiger partial charge < -0.3 is 10.6 Å². The number of para-hydroxylation sites is 1. The van der Waals surface area contributed by atoms with Crippen LogP contribution in [0.4, 0.5) is 17.1 Å². The minimum atomic E-state index is 0.515. The lowest BCUT2D eigenvalue weighted by Gasteiger charge is -2.37. The number of anilines is 3. The minimum Gasteiger partial charge on any atom is -0.399 e. The first-order chi connectivity index (χ1) is 8.75. The fraction of sp³-hybridized carbons (Fsp3) is 0.250. The zero-order valence-electron chi connectivity index (χ0n) is 10.6. The fourth-order valence-electron chi connectivity index (χ4n) is 2.76. The first kappa shape index (κ1) is 11.1. The molecule has 2 aromatic carbocycles. The minimum absolute atomic E-state index is 0.515. The maximum Gasteiger partial charge on any atom is 0.0445 e. The van der Waals surface area contributed by atoms with E-state index >= 15 is 0 Å². The van der Waals surface area contributed by atoms with Gasteiger partial charge in [-0.25, -0.2) is 0 Å². The number of hydrogen-bond donors (Lipinski definition) is 1. The van der Waals surface area contributed by atoms with E-state index in [1.807, 2.05) is 12.1 Å². The lowest BCUT2D eigenvalue weighted by Crippen LogP contribution is -2.33. The third-order valence-electron chi connectivity index (χ3n) is 3.67. The number of rotatable bonds is 1. The highest BCUT2D eigenvalue weighted by atomic mass is 15.2. The molecule has 18 heavy (non-hydrogen) atoms. The van der Waals surface area contributed by atoms with Crippen molar-refractivity contribution in [2.24, 2.45) is 0 Å². The van der Waals surface area contributed by atoms with Crippen LogP contribution in [0.2, 0.25) is 0 Å². The number of nitrogens with zero attached hydrogens (tertiary/aromatic N) is 1. The molecule has 0 aromatic heterocycles. The molecule has 2 heteroatoms. The summed E-state index contributed by atoms with van der Waals surface area (Å²) in [6.07, 6.45) is 2.35. The second-order valence-corrected chi connectivity index (χ2v) is 4.98. The summed E-state index contributed by atoms with van der Waals surface area (Å²) in [5, 5.41) is 0. The molecule has 2 nitrogen and oxygen atoms in total. The van der Waals surface area contributed by atoms with E-state index in [9.17, 15) is 0 Å². The Balaban J connectivity index is 2.10. The molecular weight excluding hydrogens is 220 g/mol. The van der Waals surface area contributed by atoms with Crippen molar-refractivity contribution in [3.8, 4) is 0 Å². The van der Waals surface area contributed by atoms with Crippen LogP contribution < -0.4 is 10.6 Å². The fourth-order valence-corrected chi connectivity index (χ4v) is 2.76. The Labute approximate surface area is 108 Å². The number of nitrogen functional groups attached to an aromatic ring is 1. The van der Waals surface area contributed by atoms with Crippen LogP contribution in [-0.2, 0) is 6.42 Å². The van der Waals surface area contributed by atoms with Crippen LogP contribution in [0.3, 0.4) is 0 Å². The Morgan fingerprint density at radius 2 is 1.94 bits per heavy atom. The molecule has 0 radical (unpaired) electrons. The van der Waals surface area contributed by atoms with Crippen molar-refractivity contribution in [3.05, 3.63) is 54.1 Å². The summed E-state index contributed by atoms with van der Waals surface area (Å²) in [5.74, 6) is 0. The van der Waals surface area contributed by atoms with Crippen molar-refractivity contribution < 1.29 is 0 Å². The molecule has 92 valence electrons. The zero-order chi connectivity index (χ0) is 12.5. The summed E-state index contributed by atoms with van der Waals surface area (Å²) in [7, 11) is 0. The smallest absolute Gasteiger partial charge is 0.0445 e. The normalized spacial score (nSPS) is 18.5. The highest BCUT2D eigenvalue weighted by Gasteiger charge is 2.23. The van der Waals surface area contributed by atoms with Crippen molar-refractivity contribution in [2.75, 3.05) is 10.6 Å². The van der Waals surface area contributed by atoms with Gasteiger partial charge in [-0.3, -0.25) is 0 Å². The van der Waals surface area contributed by atoms with E-state index in [1.165, 1.54) is 23.4 Å². The van der Waals surface area contributed by atoms with E-state index in [-0.39, 0.29) is 0 Å². The molecule has 0 aliphatic carbocycles. The lowest BCUT2D eigenvalue weighted by atomic mass is 9.96. The van der Waals surface area contributed by atoms with E-state index in [4.69, 9.17) is 5.73 Å². The standard InChI is InChI=1S/C16H18N2/c1-12-9-10-13-5-2-3-8-16(13)18(12)15-7-4-6-14(17)11-15/h2-8,11-12H,9-10,17H2,1H3. The molecule has 1 aliphatic heterocycles. The number of fused-ring (bicyclic) bond motifs is 1. The van der Waals surface area contributed by atoms with Gasteiger partial charge in [0.15, 0.2) is 0 Å². The molecule has 3 rings (SSSR count). The van der Waals surface area contributed by atoms with E-state index in [0.29, 0.717) is 6.04 Å². The summed E-state index contributed by atoms with van der Waals surface area (Å²) in [6.45, 7) is 2.28. The van der Waals surface area contributed by atoms with Gasteiger partial charge in [0.1, 0.15) is 0 Å². The van der Waals surface area contributed by atoms with Crippen LogP contribution in [0.15, 0.2) is 48.5 Å². The first-order valence-corrected chi connectivity index (χ1v) is 6.48. The van der Waals surface area contributed by atoms with Crippen LogP contribution in [0, 0.1) is 0 Å². The average Bonchev–Trinajstić information content (AvgIpc) is 2.38. The Morgan fingerprint density at radius 3 is 2.78 bits per heavy atom. The largest absolute Gasteiger partial charge is 0.399 e. The van der Waals surface area contributed by atoms with Crippen molar-refractivity contribution in [1.29, 1.82) is 0 Å². The van der Waals surface area contributed by atoms with Crippen molar-refractivity contribution >= 4 is 17.1 Å². The Morgan fingerprint density at radius 1 is 1.11 bits per heavy atom. The third kappa shape index (κ3) is 1.84. The predicted octanol–water partition coefficient (Wildman–Crippen LogP) is 3.74. The molecule has 0 saturated heterocycles.